The molecule has 0 N–H and O–H groups in total. The van der Waals surface area contributed by atoms with Crippen molar-refractivity contribution in [2.75, 3.05) is 50.7 Å². The predicted molar refractivity (Wildman–Crippen MR) is 71.7 cm³/mol. The summed E-state index contributed by atoms with van der Waals surface area (Å²) >= 11 is 1.20. The lowest BCUT2D eigenvalue weighted by atomic mass is 10.4. The van der Waals surface area contributed by atoms with Crippen molar-refractivity contribution in [1.29, 1.82) is 0 Å². The molecule has 6 nitrogen and oxygen atoms in total. The molecule has 21 heavy (non-hydrogen) atoms. The number of nitrogens with zero attached hydrogens (tertiary/aromatic N) is 4. The molecule has 0 unspecified atom stereocenters. The minimum absolute atomic E-state index is 0.246. The van der Waals surface area contributed by atoms with E-state index in [0.29, 0.717) is 38.7 Å². The second-order valence-corrected chi connectivity index (χ2v) is 5.49. The fourth-order valence-corrected chi connectivity index (χ4v) is 2.75. The van der Waals surface area contributed by atoms with Gasteiger partial charge in [0.1, 0.15) is 6.54 Å². The third kappa shape index (κ3) is 4.75. The van der Waals surface area contributed by atoms with Gasteiger partial charge in [-0.25, -0.2) is 0 Å². The highest BCUT2D eigenvalue weighted by atomic mass is 32.2. The molecule has 2 rings (SSSR count). The normalized spacial score (nSPS) is 16.5. The second kappa shape index (κ2) is 7.32. The van der Waals surface area contributed by atoms with Crippen molar-refractivity contribution in [1.82, 2.24) is 14.8 Å². The van der Waals surface area contributed by atoms with Crippen LogP contribution in [0.25, 0.3) is 0 Å². The molecule has 10 heteroatoms. The highest BCUT2D eigenvalue weighted by Crippen LogP contribution is 2.27. The van der Waals surface area contributed by atoms with Gasteiger partial charge in [0.2, 0.25) is 5.95 Å². The van der Waals surface area contributed by atoms with Gasteiger partial charge in [-0.1, -0.05) is 11.8 Å². The third-order valence-corrected chi connectivity index (χ3v) is 3.78. The molecule has 1 aliphatic heterocycles. The van der Waals surface area contributed by atoms with Gasteiger partial charge >= 0.3 is 6.18 Å². The Morgan fingerprint density at radius 2 is 2.00 bits per heavy atom. The van der Waals surface area contributed by atoms with Crippen LogP contribution in [0.4, 0.5) is 19.1 Å². The van der Waals surface area contributed by atoms with Crippen molar-refractivity contribution in [2.45, 2.75) is 17.9 Å². The summed E-state index contributed by atoms with van der Waals surface area (Å²) in [5.74, 6) is 0.769. The van der Waals surface area contributed by atoms with Crippen LogP contribution < -0.4 is 4.90 Å². The predicted octanol–water partition coefficient (Wildman–Crippen LogP) is 1.42. The summed E-state index contributed by atoms with van der Waals surface area (Å²) in [6, 6.07) is 0. The number of ether oxygens (including phenoxy) is 2. The van der Waals surface area contributed by atoms with E-state index in [4.69, 9.17) is 9.47 Å². The fourth-order valence-electron chi connectivity index (χ4n) is 1.92. The van der Waals surface area contributed by atoms with E-state index in [2.05, 4.69) is 10.2 Å². The Morgan fingerprint density at radius 1 is 1.29 bits per heavy atom. The molecular weight excluding hydrogens is 309 g/mol. The number of halogens is 3. The van der Waals surface area contributed by atoms with Gasteiger partial charge in [0, 0.05) is 26.0 Å². The van der Waals surface area contributed by atoms with E-state index in [1.165, 1.54) is 11.8 Å². The second-order valence-electron chi connectivity index (χ2n) is 4.42. The minimum atomic E-state index is -4.32. The van der Waals surface area contributed by atoms with Crippen LogP contribution in [0.1, 0.15) is 0 Å². The van der Waals surface area contributed by atoms with E-state index >= 15 is 0 Å². The van der Waals surface area contributed by atoms with Crippen molar-refractivity contribution < 1.29 is 22.6 Å². The standard InChI is InChI=1S/C11H17F3N4O2S/c1-19-6-7-21-10-16-15-9(17-2-4-20-5-3-17)18(10)8-11(12,13)14/h2-8H2,1H3. The number of rotatable bonds is 6. The van der Waals surface area contributed by atoms with Crippen LogP contribution in [0.5, 0.6) is 0 Å². The molecule has 1 saturated heterocycles. The number of morpholine rings is 1. The lowest BCUT2D eigenvalue weighted by molar-refractivity contribution is -0.141. The molecule has 0 spiro atoms. The topological polar surface area (TPSA) is 52.4 Å². The number of anilines is 1. The fraction of sp³-hybridized carbons (Fsp3) is 0.818. The molecule has 1 fully saturated rings. The zero-order chi connectivity index (χ0) is 15.3. The van der Waals surface area contributed by atoms with Gasteiger partial charge in [-0.2, -0.15) is 13.2 Å². The average Bonchev–Trinajstić information content (AvgIpc) is 2.81. The first-order valence-electron chi connectivity index (χ1n) is 6.45. The quantitative estimate of drug-likeness (QED) is 0.582. The SMILES string of the molecule is COCCSc1nnc(N2CCOCC2)n1CC(F)(F)F. The van der Waals surface area contributed by atoms with Crippen molar-refractivity contribution in [3.8, 4) is 0 Å². The van der Waals surface area contributed by atoms with E-state index in [-0.39, 0.29) is 11.1 Å². The molecule has 1 aliphatic rings. The zero-order valence-electron chi connectivity index (χ0n) is 11.6. The van der Waals surface area contributed by atoms with Crippen molar-refractivity contribution in [3.05, 3.63) is 0 Å². The summed E-state index contributed by atoms with van der Waals surface area (Å²) in [6.45, 7) is 1.33. The monoisotopic (exact) mass is 326 g/mol. The van der Waals surface area contributed by atoms with E-state index in [9.17, 15) is 13.2 Å². The van der Waals surface area contributed by atoms with E-state index < -0.39 is 12.7 Å². The summed E-state index contributed by atoms with van der Waals surface area (Å²) in [4.78, 5) is 1.77. The first kappa shape index (κ1) is 16.4. The first-order valence-corrected chi connectivity index (χ1v) is 7.44. The van der Waals surface area contributed by atoms with Crippen LogP contribution >= 0.6 is 11.8 Å². The Labute approximate surface area is 124 Å². The van der Waals surface area contributed by atoms with Gasteiger partial charge in [-0.05, 0) is 0 Å². The number of hydrogen-bond donors (Lipinski definition) is 0. The summed E-state index contributed by atoms with van der Waals surface area (Å²) in [5, 5.41) is 8.07. The first-order chi connectivity index (χ1) is 10.0. The van der Waals surface area contributed by atoms with Gasteiger partial charge in [-0.3, -0.25) is 4.57 Å². The molecule has 2 heterocycles. The van der Waals surface area contributed by atoms with Crippen LogP contribution in [-0.4, -0.2) is 66.7 Å². The molecule has 0 saturated carbocycles. The van der Waals surface area contributed by atoms with Gasteiger partial charge < -0.3 is 14.4 Å². The largest absolute Gasteiger partial charge is 0.406 e. The van der Waals surface area contributed by atoms with Crippen LogP contribution in [-0.2, 0) is 16.0 Å². The molecule has 0 aromatic carbocycles. The van der Waals surface area contributed by atoms with Gasteiger partial charge in [0.05, 0.1) is 19.8 Å². The molecular formula is C11H17F3N4O2S. The maximum absolute atomic E-state index is 12.8. The van der Waals surface area contributed by atoms with E-state index in [0.717, 1.165) is 4.57 Å². The summed E-state index contributed by atoms with van der Waals surface area (Å²) in [6.07, 6.45) is -4.32. The maximum atomic E-state index is 12.8. The van der Waals surface area contributed by atoms with Crippen molar-refractivity contribution in [3.63, 3.8) is 0 Å². The Hall–Kier alpha value is -1.00. The zero-order valence-corrected chi connectivity index (χ0v) is 12.4. The average molecular weight is 326 g/mol. The molecule has 1 aromatic heterocycles. The van der Waals surface area contributed by atoms with Crippen molar-refractivity contribution in [2.24, 2.45) is 0 Å². The van der Waals surface area contributed by atoms with Crippen LogP contribution in [0.2, 0.25) is 0 Å². The lowest BCUT2D eigenvalue weighted by Crippen LogP contribution is -2.38. The number of aromatic nitrogens is 3. The lowest BCUT2D eigenvalue weighted by Gasteiger charge is -2.28. The van der Waals surface area contributed by atoms with Gasteiger partial charge in [0.25, 0.3) is 0 Å². The number of hydrogen-bond acceptors (Lipinski definition) is 6. The van der Waals surface area contributed by atoms with Crippen LogP contribution in [0.3, 0.4) is 0 Å². The summed E-state index contributed by atoms with van der Waals surface area (Å²) in [5.41, 5.74) is 0. The Morgan fingerprint density at radius 3 is 2.62 bits per heavy atom. The highest BCUT2D eigenvalue weighted by molar-refractivity contribution is 7.99. The van der Waals surface area contributed by atoms with Gasteiger partial charge in [-0.15, -0.1) is 10.2 Å². The minimum Gasteiger partial charge on any atom is -0.384 e. The molecule has 120 valence electrons. The summed E-state index contributed by atoms with van der Waals surface area (Å²) < 4.78 is 49.6. The highest BCUT2D eigenvalue weighted by Gasteiger charge is 2.32. The van der Waals surface area contributed by atoms with Gasteiger partial charge in [0.15, 0.2) is 5.16 Å². The molecule has 0 bridgehead atoms. The maximum Gasteiger partial charge on any atom is 0.406 e. The summed E-state index contributed by atoms with van der Waals surface area (Å²) in [7, 11) is 1.54. The van der Waals surface area contributed by atoms with E-state index in [1.807, 2.05) is 0 Å². The molecule has 0 amide bonds. The molecule has 0 atom stereocenters. The Balaban J connectivity index is 2.18. The van der Waals surface area contributed by atoms with Crippen LogP contribution in [0.15, 0.2) is 5.16 Å². The number of thioether (sulfide) groups is 1. The number of methoxy groups -OCH3 is 1. The molecule has 1 aromatic rings. The Kier molecular flexibility index (Phi) is 5.71. The molecule has 0 aliphatic carbocycles. The van der Waals surface area contributed by atoms with Crippen molar-refractivity contribution >= 4 is 17.7 Å². The third-order valence-electron chi connectivity index (χ3n) is 2.85. The van der Waals surface area contributed by atoms with E-state index in [1.54, 1.807) is 12.0 Å². The Bertz CT molecular complexity index is 449. The molecule has 0 radical (unpaired) electrons. The smallest absolute Gasteiger partial charge is 0.384 e. The number of alkyl halides is 3. The van der Waals surface area contributed by atoms with Crippen LogP contribution in [0, 0.1) is 0 Å².